The molecule has 0 aromatic heterocycles. The summed E-state index contributed by atoms with van der Waals surface area (Å²) in [5.41, 5.74) is 0. The van der Waals surface area contributed by atoms with Gasteiger partial charge in [-0.15, -0.1) is 0 Å². The molecule has 0 N–H and O–H groups in total. The standard InChI is InChI=1S/C58H110O6/c1-4-7-10-13-16-19-22-25-27-28-29-30-32-33-36-39-42-45-48-51-57(60)63-54-55(53-62-56(59)50-47-44-41-38-35-24-21-18-15-12-9-6-3)64-58(61)52-49-46-43-40-37-34-31-26-23-20-17-14-11-8-5-2/h18,21,55H,4-17,19-20,22-54H2,1-3H3/b21-18-/t55-/m1/s1. The molecule has 6 heteroatoms. The number of hydrogen-bond donors (Lipinski definition) is 0. The molecule has 0 unspecified atom stereocenters. The van der Waals surface area contributed by atoms with Gasteiger partial charge in [-0.1, -0.05) is 270 Å². The maximum atomic E-state index is 12.8. The zero-order valence-electron chi connectivity index (χ0n) is 43.3. The third kappa shape index (κ3) is 51.1. The van der Waals surface area contributed by atoms with E-state index in [1.165, 1.54) is 218 Å². The molecule has 0 aromatic carbocycles. The topological polar surface area (TPSA) is 78.9 Å². The van der Waals surface area contributed by atoms with Gasteiger partial charge in [-0.25, -0.2) is 0 Å². The number of hydrogen-bond acceptors (Lipinski definition) is 6. The van der Waals surface area contributed by atoms with Crippen LogP contribution in [0, 0.1) is 0 Å². The van der Waals surface area contributed by atoms with Crippen LogP contribution in [-0.4, -0.2) is 37.2 Å². The predicted molar refractivity (Wildman–Crippen MR) is 275 cm³/mol. The molecule has 0 aliphatic rings. The number of esters is 3. The van der Waals surface area contributed by atoms with Crippen molar-refractivity contribution in [2.75, 3.05) is 13.2 Å². The lowest BCUT2D eigenvalue weighted by molar-refractivity contribution is -0.167. The van der Waals surface area contributed by atoms with E-state index in [0.29, 0.717) is 19.3 Å². The Morgan fingerprint density at radius 2 is 0.516 bits per heavy atom. The monoisotopic (exact) mass is 903 g/mol. The van der Waals surface area contributed by atoms with Crippen molar-refractivity contribution in [2.24, 2.45) is 0 Å². The van der Waals surface area contributed by atoms with Crippen molar-refractivity contribution in [3.63, 3.8) is 0 Å². The molecule has 0 aromatic rings. The molecule has 0 rings (SSSR count). The van der Waals surface area contributed by atoms with Gasteiger partial charge in [-0.2, -0.15) is 0 Å². The zero-order valence-corrected chi connectivity index (χ0v) is 43.3. The Hall–Kier alpha value is -1.85. The van der Waals surface area contributed by atoms with Crippen molar-refractivity contribution in [3.8, 4) is 0 Å². The van der Waals surface area contributed by atoms with Crippen LogP contribution in [0.4, 0.5) is 0 Å². The van der Waals surface area contributed by atoms with Gasteiger partial charge >= 0.3 is 17.9 Å². The van der Waals surface area contributed by atoms with Crippen molar-refractivity contribution in [3.05, 3.63) is 12.2 Å². The first-order valence-corrected chi connectivity index (χ1v) is 28.7. The second-order valence-electron chi connectivity index (χ2n) is 19.6. The van der Waals surface area contributed by atoms with Crippen molar-refractivity contribution in [1.82, 2.24) is 0 Å². The zero-order chi connectivity index (χ0) is 46.5. The van der Waals surface area contributed by atoms with Crippen LogP contribution in [0.25, 0.3) is 0 Å². The fourth-order valence-electron chi connectivity index (χ4n) is 8.68. The highest BCUT2D eigenvalue weighted by Gasteiger charge is 2.19. The molecule has 0 saturated carbocycles. The van der Waals surface area contributed by atoms with Crippen LogP contribution < -0.4 is 0 Å². The number of rotatable bonds is 53. The lowest BCUT2D eigenvalue weighted by atomic mass is 10.0. The second-order valence-corrected chi connectivity index (χ2v) is 19.6. The maximum Gasteiger partial charge on any atom is 0.306 e. The number of ether oxygens (including phenoxy) is 3. The molecule has 0 amide bonds. The third-order valence-corrected chi connectivity index (χ3v) is 13.0. The summed E-state index contributed by atoms with van der Waals surface area (Å²) in [5, 5.41) is 0. The van der Waals surface area contributed by atoms with E-state index in [1.807, 2.05) is 0 Å². The van der Waals surface area contributed by atoms with Crippen LogP contribution in [-0.2, 0) is 28.6 Å². The van der Waals surface area contributed by atoms with E-state index >= 15 is 0 Å². The normalized spacial score (nSPS) is 12.0. The average molecular weight is 904 g/mol. The van der Waals surface area contributed by atoms with Crippen LogP contribution in [0.2, 0.25) is 0 Å². The Balaban J connectivity index is 4.27. The van der Waals surface area contributed by atoms with E-state index in [1.54, 1.807) is 0 Å². The summed E-state index contributed by atoms with van der Waals surface area (Å²) in [6.07, 6.45) is 60.6. The van der Waals surface area contributed by atoms with Crippen molar-refractivity contribution < 1.29 is 28.6 Å². The van der Waals surface area contributed by atoms with Gasteiger partial charge in [0.05, 0.1) is 0 Å². The van der Waals surface area contributed by atoms with Gasteiger partial charge in [0.25, 0.3) is 0 Å². The Morgan fingerprint density at radius 3 is 0.812 bits per heavy atom. The first-order chi connectivity index (χ1) is 31.5. The molecule has 64 heavy (non-hydrogen) atoms. The number of allylic oxidation sites excluding steroid dienone is 2. The quantitative estimate of drug-likeness (QED) is 0.0262. The van der Waals surface area contributed by atoms with E-state index in [9.17, 15) is 14.4 Å². The summed E-state index contributed by atoms with van der Waals surface area (Å²) in [6.45, 7) is 6.66. The SMILES string of the molecule is CCCCC/C=C\CCCCCCCC(=O)OC[C@H](COC(=O)CCCCCCCCCCCCCCCCCCCCC)OC(=O)CCCCCCCCCCCCCCCCC. The largest absolute Gasteiger partial charge is 0.462 e. The van der Waals surface area contributed by atoms with Crippen LogP contribution >= 0.6 is 0 Å². The molecular formula is C58H110O6. The van der Waals surface area contributed by atoms with Crippen molar-refractivity contribution >= 4 is 17.9 Å². The maximum absolute atomic E-state index is 12.8. The van der Waals surface area contributed by atoms with Gasteiger partial charge < -0.3 is 14.2 Å². The Morgan fingerprint density at radius 1 is 0.297 bits per heavy atom. The minimum absolute atomic E-state index is 0.0666. The first-order valence-electron chi connectivity index (χ1n) is 28.7. The van der Waals surface area contributed by atoms with Crippen molar-refractivity contribution in [2.45, 2.75) is 329 Å². The molecule has 0 aliphatic heterocycles. The lowest BCUT2D eigenvalue weighted by Gasteiger charge is -2.18. The van der Waals surface area contributed by atoms with Crippen LogP contribution in [0.1, 0.15) is 323 Å². The molecule has 0 heterocycles. The minimum Gasteiger partial charge on any atom is -0.462 e. The van der Waals surface area contributed by atoms with E-state index in [0.717, 1.165) is 64.2 Å². The third-order valence-electron chi connectivity index (χ3n) is 13.0. The van der Waals surface area contributed by atoms with Gasteiger partial charge in [-0.3, -0.25) is 14.4 Å². The highest BCUT2D eigenvalue weighted by molar-refractivity contribution is 5.71. The van der Waals surface area contributed by atoms with E-state index in [-0.39, 0.29) is 31.1 Å². The van der Waals surface area contributed by atoms with Gasteiger partial charge in [0, 0.05) is 19.3 Å². The molecule has 378 valence electrons. The summed E-state index contributed by atoms with van der Waals surface area (Å²) in [5.74, 6) is -0.853. The number of carbonyl (C=O) groups is 3. The molecule has 0 spiro atoms. The Bertz CT molecular complexity index is 993. The molecule has 0 aliphatic carbocycles. The van der Waals surface area contributed by atoms with Crippen LogP contribution in [0.5, 0.6) is 0 Å². The fraction of sp³-hybridized carbons (Fsp3) is 0.914. The molecule has 1 atom stereocenters. The molecular weight excluding hydrogens is 793 g/mol. The summed E-state index contributed by atoms with van der Waals surface area (Å²) >= 11 is 0. The summed E-state index contributed by atoms with van der Waals surface area (Å²) in [7, 11) is 0. The smallest absolute Gasteiger partial charge is 0.306 e. The summed E-state index contributed by atoms with van der Waals surface area (Å²) in [6, 6.07) is 0. The lowest BCUT2D eigenvalue weighted by Crippen LogP contribution is -2.30. The van der Waals surface area contributed by atoms with E-state index in [2.05, 4.69) is 32.9 Å². The molecule has 0 radical (unpaired) electrons. The minimum atomic E-state index is -0.767. The Labute approximate surface area is 399 Å². The van der Waals surface area contributed by atoms with Gasteiger partial charge in [0.1, 0.15) is 13.2 Å². The fourth-order valence-corrected chi connectivity index (χ4v) is 8.68. The van der Waals surface area contributed by atoms with Crippen LogP contribution in [0.3, 0.4) is 0 Å². The number of unbranched alkanes of at least 4 members (excludes halogenated alkanes) is 40. The number of carbonyl (C=O) groups excluding carboxylic acids is 3. The molecule has 0 saturated heterocycles. The Kier molecular flexibility index (Phi) is 52.2. The summed E-state index contributed by atoms with van der Waals surface area (Å²) in [4.78, 5) is 38.1. The second kappa shape index (κ2) is 53.8. The average Bonchev–Trinajstić information content (AvgIpc) is 3.29. The highest BCUT2D eigenvalue weighted by atomic mass is 16.6. The summed E-state index contributed by atoms with van der Waals surface area (Å²) < 4.78 is 16.9. The first kappa shape index (κ1) is 62.1. The molecule has 0 fully saturated rings. The van der Waals surface area contributed by atoms with Crippen molar-refractivity contribution in [1.29, 1.82) is 0 Å². The predicted octanol–water partition coefficient (Wildman–Crippen LogP) is 18.9. The molecule has 6 nitrogen and oxygen atoms in total. The van der Waals surface area contributed by atoms with Gasteiger partial charge in [0.15, 0.2) is 6.10 Å². The van der Waals surface area contributed by atoms with E-state index in [4.69, 9.17) is 14.2 Å². The van der Waals surface area contributed by atoms with Crippen LogP contribution in [0.15, 0.2) is 12.2 Å². The highest BCUT2D eigenvalue weighted by Crippen LogP contribution is 2.17. The van der Waals surface area contributed by atoms with Gasteiger partial charge in [0.2, 0.25) is 0 Å². The van der Waals surface area contributed by atoms with E-state index < -0.39 is 6.10 Å². The molecule has 0 bridgehead atoms. The van der Waals surface area contributed by atoms with Gasteiger partial charge in [-0.05, 0) is 44.9 Å².